The van der Waals surface area contributed by atoms with E-state index in [9.17, 15) is 19.7 Å². The van der Waals surface area contributed by atoms with Crippen LogP contribution in [0.3, 0.4) is 0 Å². The van der Waals surface area contributed by atoms with Crippen molar-refractivity contribution in [3.05, 3.63) is 108 Å². The van der Waals surface area contributed by atoms with Crippen LogP contribution in [-0.2, 0) is 9.59 Å². The maximum Gasteiger partial charge on any atom is 0.292 e. The van der Waals surface area contributed by atoms with Crippen molar-refractivity contribution in [1.82, 2.24) is 0 Å². The lowest BCUT2D eigenvalue weighted by Gasteiger charge is -2.08. The molecule has 0 fully saturated rings. The lowest BCUT2D eigenvalue weighted by molar-refractivity contribution is -0.383. The molecule has 0 aliphatic carbocycles. The number of carbonyl (C=O) groups excluding carboxylic acids is 2. The highest BCUT2D eigenvalue weighted by Gasteiger charge is 2.16. The molecule has 0 spiro atoms. The van der Waals surface area contributed by atoms with E-state index in [1.54, 1.807) is 36.4 Å². The number of anilines is 2. The number of nitrogens with one attached hydrogen (secondary N) is 2. The quantitative estimate of drug-likeness (QED) is 0.180. The molecule has 3 rings (SSSR count). The second-order valence-electron chi connectivity index (χ2n) is 6.98. The SMILES string of the molecule is O=C(/C=C/c1ccc(Cl)c(Cl)c1)Nc1ccc([N+](=O)[O-])c(NC(=O)/C=C/c2ccc(Cl)c(Cl)c2)c1. The lowest BCUT2D eigenvalue weighted by Crippen LogP contribution is -2.12. The Morgan fingerprint density at radius 2 is 1.23 bits per heavy atom. The van der Waals surface area contributed by atoms with Crippen LogP contribution in [0.15, 0.2) is 66.7 Å². The minimum Gasteiger partial charge on any atom is -0.322 e. The molecule has 3 aromatic rings. The summed E-state index contributed by atoms with van der Waals surface area (Å²) in [6.07, 6.45) is 5.45. The van der Waals surface area contributed by atoms with Gasteiger partial charge in [-0.3, -0.25) is 19.7 Å². The Balaban J connectivity index is 1.73. The zero-order valence-corrected chi connectivity index (χ0v) is 20.6. The van der Waals surface area contributed by atoms with Crippen molar-refractivity contribution in [2.75, 3.05) is 10.6 Å². The monoisotopic (exact) mass is 549 g/mol. The third kappa shape index (κ3) is 7.56. The molecule has 0 aromatic heterocycles. The molecule has 0 unspecified atom stereocenters. The molecule has 35 heavy (non-hydrogen) atoms. The average Bonchev–Trinajstić information content (AvgIpc) is 2.80. The van der Waals surface area contributed by atoms with Gasteiger partial charge in [0, 0.05) is 23.9 Å². The summed E-state index contributed by atoms with van der Waals surface area (Å²) >= 11 is 23.6. The van der Waals surface area contributed by atoms with Crippen molar-refractivity contribution in [3.8, 4) is 0 Å². The Kier molecular flexibility index (Phi) is 8.89. The molecule has 0 aliphatic heterocycles. The van der Waals surface area contributed by atoms with Gasteiger partial charge >= 0.3 is 0 Å². The van der Waals surface area contributed by atoms with Crippen molar-refractivity contribution in [2.45, 2.75) is 0 Å². The van der Waals surface area contributed by atoms with Gasteiger partial charge in [-0.25, -0.2) is 0 Å². The number of nitrogens with zero attached hydrogens (tertiary/aromatic N) is 1. The van der Waals surface area contributed by atoms with Crippen LogP contribution in [0.25, 0.3) is 12.2 Å². The van der Waals surface area contributed by atoms with Gasteiger partial charge in [-0.1, -0.05) is 58.5 Å². The molecule has 0 saturated heterocycles. The number of hydrogen-bond donors (Lipinski definition) is 2. The van der Waals surface area contributed by atoms with E-state index in [1.807, 2.05) is 0 Å². The number of carbonyl (C=O) groups is 2. The molecule has 0 radical (unpaired) electrons. The number of amides is 2. The van der Waals surface area contributed by atoms with E-state index in [0.29, 0.717) is 31.2 Å². The summed E-state index contributed by atoms with van der Waals surface area (Å²) in [7, 11) is 0. The van der Waals surface area contributed by atoms with E-state index in [1.165, 1.54) is 42.5 Å². The molecule has 2 N–H and O–H groups in total. The van der Waals surface area contributed by atoms with E-state index >= 15 is 0 Å². The Morgan fingerprint density at radius 1 is 0.714 bits per heavy atom. The van der Waals surface area contributed by atoms with Gasteiger partial charge in [0.1, 0.15) is 5.69 Å². The molecule has 2 amide bonds. The maximum absolute atomic E-state index is 12.4. The fourth-order valence-electron chi connectivity index (χ4n) is 2.81. The van der Waals surface area contributed by atoms with Crippen LogP contribution in [0.1, 0.15) is 11.1 Å². The minimum atomic E-state index is -0.645. The summed E-state index contributed by atoms with van der Waals surface area (Å²) < 4.78 is 0. The first-order valence-corrected chi connectivity index (χ1v) is 11.3. The molecule has 0 saturated carbocycles. The van der Waals surface area contributed by atoms with Gasteiger partial charge in [-0.2, -0.15) is 0 Å². The molecule has 0 aliphatic rings. The van der Waals surface area contributed by atoms with Crippen LogP contribution >= 0.6 is 46.4 Å². The highest BCUT2D eigenvalue weighted by molar-refractivity contribution is 6.42. The van der Waals surface area contributed by atoms with Gasteiger partial charge in [0.2, 0.25) is 11.8 Å². The van der Waals surface area contributed by atoms with Crippen LogP contribution in [0.4, 0.5) is 17.1 Å². The third-order valence-corrected chi connectivity index (χ3v) is 5.94. The molecule has 11 heteroatoms. The van der Waals surface area contributed by atoms with Crippen LogP contribution in [-0.4, -0.2) is 16.7 Å². The first-order chi connectivity index (χ1) is 16.6. The Morgan fingerprint density at radius 3 is 1.71 bits per heavy atom. The molecule has 3 aromatic carbocycles. The normalized spacial score (nSPS) is 11.1. The number of benzene rings is 3. The second kappa shape index (κ2) is 11.9. The molecular weight excluding hydrogens is 536 g/mol. The van der Waals surface area contributed by atoms with Gasteiger partial charge < -0.3 is 10.6 Å². The van der Waals surface area contributed by atoms with Crippen LogP contribution in [0.2, 0.25) is 20.1 Å². The van der Waals surface area contributed by atoms with Crippen LogP contribution in [0.5, 0.6) is 0 Å². The van der Waals surface area contributed by atoms with Crippen molar-refractivity contribution >= 4 is 87.4 Å². The number of nitro benzene ring substituents is 1. The molecule has 178 valence electrons. The van der Waals surface area contributed by atoms with E-state index in [2.05, 4.69) is 10.6 Å². The topological polar surface area (TPSA) is 101 Å². The smallest absolute Gasteiger partial charge is 0.292 e. The van der Waals surface area contributed by atoms with Gasteiger partial charge in [-0.05, 0) is 59.7 Å². The number of hydrogen-bond acceptors (Lipinski definition) is 4. The third-order valence-electron chi connectivity index (χ3n) is 4.46. The predicted molar refractivity (Wildman–Crippen MR) is 141 cm³/mol. The summed E-state index contributed by atoms with van der Waals surface area (Å²) in [6, 6.07) is 13.5. The maximum atomic E-state index is 12.4. The summed E-state index contributed by atoms with van der Waals surface area (Å²) in [5, 5.41) is 17.8. The molecule has 0 heterocycles. The molecule has 0 bridgehead atoms. The highest BCUT2D eigenvalue weighted by Crippen LogP contribution is 2.28. The number of halogens is 4. The Hall–Kier alpha value is -3.36. The summed E-state index contributed by atoms with van der Waals surface area (Å²) in [4.78, 5) is 35.4. The van der Waals surface area contributed by atoms with Crippen molar-refractivity contribution < 1.29 is 14.5 Å². The van der Waals surface area contributed by atoms with Gasteiger partial charge in [0.15, 0.2) is 0 Å². The number of rotatable bonds is 7. The Bertz CT molecular complexity index is 1370. The van der Waals surface area contributed by atoms with Gasteiger partial charge in [0.05, 0.1) is 25.0 Å². The van der Waals surface area contributed by atoms with E-state index in [-0.39, 0.29) is 17.1 Å². The van der Waals surface area contributed by atoms with Gasteiger partial charge in [-0.15, -0.1) is 0 Å². The highest BCUT2D eigenvalue weighted by atomic mass is 35.5. The number of nitro groups is 1. The van der Waals surface area contributed by atoms with Gasteiger partial charge in [0.25, 0.3) is 5.69 Å². The molecule has 7 nitrogen and oxygen atoms in total. The van der Waals surface area contributed by atoms with E-state index < -0.39 is 16.7 Å². The summed E-state index contributed by atoms with van der Waals surface area (Å²) in [5.41, 5.74) is 1.07. The van der Waals surface area contributed by atoms with Crippen molar-refractivity contribution in [3.63, 3.8) is 0 Å². The standard InChI is InChI=1S/C24H15Cl4N3O4/c25-17-6-1-14(11-19(17)27)3-9-23(32)29-16-5-8-22(31(34)35)21(13-16)30-24(33)10-4-15-2-7-18(26)20(28)12-15/h1-13H,(H,29,32)(H,30,33)/b9-3+,10-4+. The summed E-state index contributed by atoms with van der Waals surface area (Å²) in [6.45, 7) is 0. The second-order valence-corrected chi connectivity index (χ2v) is 8.61. The molecule has 0 atom stereocenters. The largest absolute Gasteiger partial charge is 0.322 e. The lowest BCUT2D eigenvalue weighted by atomic mass is 10.2. The van der Waals surface area contributed by atoms with E-state index in [0.717, 1.165) is 0 Å². The molecular formula is C24H15Cl4N3O4. The first-order valence-electron chi connectivity index (χ1n) is 9.79. The average molecular weight is 551 g/mol. The van der Waals surface area contributed by atoms with E-state index in [4.69, 9.17) is 46.4 Å². The minimum absolute atomic E-state index is 0.0925. The summed E-state index contributed by atoms with van der Waals surface area (Å²) in [5.74, 6) is -1.12. The predicted octanol–water partition coefficient (Wildman–Crippen LogP) is 7.51. The fourth-order valence-corrected chi connectivity index (χ4v) is 3.42. The van der Waals surface area contributed by atoms with Crippen LogP contribution < -0.4 is 10.6 Å². The fraction of sp³-hybridized carbons (Fsp3) is 0. The van der Waals surface area contributed by atoms with Crippen molar-refractivity contribution in [1.29, 1.82) is 0 Å². The zero-order chi connectivity index (χ0) is 25.5. The first kappa shape index (κ1) is 26.2. The van der Waals surface area contributed by atoms with Crippen molar-refractivity contribution in [2.24, 2.45) is 0 Å². The zero-order valence-electron chi connectivity index (χ0n) is 17.6. The van der Waals surface area contributed by atoms with Crippen LogP contribution in [0, 0.1) is 10.1 Å². The Labute approximate surface area is 220 Å².